The maximum Gasteiger partial charge on any atom is 0.305 e. The molecule has 0 spiro atoms. The van der Waals surface area contributed by atoms with Crippen molar-refractivity contribution >= 4 is 5.97 Å². The van der Waals surface area contributed by atoms with E-state index in [2.05, 4.69) is 26.0 Å². The SMILES string of the molecule is CCCCCCCC/C=C\CCCCCCCC(=O)OCC(CO)OC1(CCCCCCCCCCC)O[C@H](CO)[C@@H](O)[C@H](O)[C@H]1O. The Balaban J connectivity index is 2.40. The van der Waals surface area contributed by atoms with E-state index < -0.39 is 49.5 Å². The number of carbonyl (C=O) groups is 1. The van der Waals surface area contributed by atoms with E-state index in [1.54, 1.807) is 0 Å². The molecular formula is C38H72O9. The minimum atomic E-state index is -1.77. The van der Waals surface area contributed by atoms with Gasteiger partial charge in [0.25, 0.3) is 0 Å². The minimum Gasteiger partial charge on any atom is -0.463 e. The maximum absolute atomic E-state index is 12.4. The first kappa shape index (κ1) is 44.0. The van der Waals surface area contributed by atoms with Gasteiger partial charge in [0.05, 0.1) is 13.2 Å². The van der Waals surface area contributed by atoms with Gasteiger partial charge in [-0.15, -0.1) is 0 Å². The topological polar surface area (TPSA) is 146 Å². The van der Waals surface area contributed by atoms with Crippen LogP contribution in [0.5, 0.6) is 0 Å². The molecule has 1 fully saturated rings. The van der Waals surface area contributed by atoms with E-state index >= 15 is 0 Å². The van der Waals surface area contributed by atoms with E-state index in [-0.39, 0.29) is 25.4 Å². The van der Waals surface area contributed by atoms with Gasteiger partial charge in [-0.05, 0) is 38.5 Å². The highest BCUT2D eigenvalue weighted by Gasteiger charge is 2.54. The third-order valence-corrected chi connectivity index (χ3v) is 9.31. The zero-order chi connectivity index (χ0) is 34.6. The summed E-state index contributed by atoms with van der Waals surface area (Å²) in [6.45, 7) is 3.12. The van der Waals surface area contributed by atoms with Crippen molar-refractivity contribution in [1.82, 2.24) is 0 Å². The Morgan fingerprint density at radius 1 is 0.702 bits per heavy atom. The average Bonchev–Trinajstić information content (AvgIpc) is 3.08. The molecule has 9 nitrogen and oxygen atoms in total. The number of hydrogen-bond acceptors (Lipinski definition) is 9. The molecule has 2 unspecified atom stereocenters. The molecule has 5 N–H and O–H groups in total. The Morgan fingerprint density at radius 2 is 1.19 bits per heavy atom. The van der Waals surface area contributed by atoms with E-state index in [1.807, 2.05) is 0 Å². The standard InChI is InChI=1S/C38H72O9/c1-3-5-7-9-11-13-14-15-16-17-18-19-21-23-25-27-34(41)45-31-32(29-39)46-38(28-26-24-22-20-12-10-8-6-4-2)37(44)36(43)35(42)33(30-40)47-38/h15-16,32-33,35-37,39-40,42-44H,3-14,17-31H2,1-2H3/b16-15-/t32?,33-,35-,36+,37-,38?/m1/s1. The summed E-state index contributed by atoms with van der Waals surface area (Å²) < 4.78 is 17.4. The van der Waals surface area contributed by atoms with Crippen LogP contribution in [-0.2, 0) is 19.0 Å². The van der Waals surface area contributed by atoms with Gasteiger partial charge in [0.15, 0.2) is 5.79 Å². The highest BCUT2D eigenvalue weighted by Crippen LogP contribution is 2.36. The molecule has 0 aromatic carbocycles. The van der Waals surface area contributed by atoms with Crippen molar-refractivity contribution in [2.45, 2.75) is 204 Å². The first-order valence-electron chi connectivity index (χ1n) is 19.3. The highest BCUT2D eigenvalue weighted by atomic mass is 16.7. The lowest BCUT2D eigenvalue weighted by Crippen LogP contribution is -2.67. The largest absolute Gasteiger partial charge is 0.463 e. The van der Waals surface area contributed by atoms with Crippen LogP contribution >= 0.6 is 0 Å². The summed E-state index contributed by atoms with van der Waals surface area (Å²) in [5.41, 5.74) is 0. The molecule has 9 heteroatoms. The van der Waals surface area contributed by atoms with Crippen molar-refractivity contribution in [3.05, 3.63) is 12.2 Å². The molecule has 0 aromatic heterocycles. The van der Waals surface area contributed by atoms with Crippen molar-refractivity contribution in [2.24, 2.45) is 0 Å². The fraction of sp³-hybridized carbons (Fsp3) is 0.921. The van der Waals surface area contributed by atoms with E-state index in [1.165, 1.54) is 77.0 Å². The smallest absolute Gasteiger partial charge is 0.305 e. The normalized spacial score (nSPS) is 23.8. The Morgan fingerprint density at radius 3 is 1.70 bits per heavy atom. The molecule has 278 valence electrons. The molecule has 0 amide bonds. The van der Waals surface area contributed by atoms with Gasteiger partial charge in [-0.25, -0.2) is 0 Å². The molecule has 47 heavy (non-hydrogen) atoms. The van der Waals surface area contributed by atoms with Gasteiger partial charge in [-0.2, -0.15) is 0 Å². The number of esters is 1. The third-order valence-electron chi connectivity index (χ3n) is 9.31. The minimum absolute atomic E-state index is 0.184. The monoisotopic (exact) mass is 673 g/mol. The van der Waals surface area contributed by atoms with Crippen molar-refractivity contribution in [3.63, 3.8) is 0 Å². The molecule has 0 radical (unpaired) electrons. The second-order valence-corrected chi connectivity index (χ2v) is 13.6. The molecular weight excluding hydrogens is 600 g/mol. The fourth-order valence-corrected chi connectivity index (χ4v) is 6.26. The summed E-state index contributed by atoms with van der Waals surface area (Å²) in [5, 5.41) is 51.7. The van der Waals surface area contributed by atoms with Gasteiger partial charge in [0, 0.05) is 12.8 Å². The number of carbonyl (C=O) groups excluding carboxylic acids is 1. The summed E-state index contributed by atoms with van der Waals surface area (Å²) in [7, 11) is 0. The van der Waals surface area contributed by atoms with Gasteiger partial charge in [0.2, 0.25) is 0 Å². The van der Waals surface area contributed by atoms with E-state index in [9.17, 15) is 30.3 Å². The van der Waals surface area contributed by atoms with E-state index in [4.69, 9.17) is 14.2 Å². The molecule has 0 bridgehead atoms. The summed E-state index contributed by atoms with van der Waals surface area (Å²) in [6, 6.07) is 0. The molecule has 6 atom stereocenters. The Kier molecular flexibility index (Phi) is 26.9. The first-order valence-corrected chi connectivity index (χ1v) is 19.3. The summed E-state index contributed by atoms with van der Waals surface area (Å²) in [6.07, 6.45) is 23.2. The maximum atomic E-state index is 12.4. The lowest BCUT2D eigenvalue weighted by atomic mass is 9.89. The lowest BCUT2D eigenvalue weighted by Gasteiger charge is -2.49. The van der Waals surface area contributed by atoms with Gasteiger partial charge >= 0.3 is 5.97 Å². The molecule has 1 saturated heterocycles. The van der Waals surface area contributed by atoms with Crippen molar-refractivity contribution in [2.75, 3.05) is 19.8 Å². The van der Waals surface area contributed by atoms with Crippen LogP contribution in [0, 0.1) is 0 Å². The summed E-state index contributed by atoms with van der Waals surface area (Å²) in [4.78, 5) is 12.4. The zero-order valence-electron chi connectivity index (χ0n) is 30.0. The van der Waals surface area contributed by atoms with Crippen molar-refractivity contribution < 1.29 is 44.5 Å². The summed E-state index contributed by atoms with van der Waals surface area (Å²) >= 11 is 0. The number of allylic oxidation sites excluding steroid dienone is 2. The predicted octanol–water partition coefficient (Wildman–Crippen LogP) is 7.04. The van der Waals surface area contributed by atoms with Crippen molar-refractivity contribution in [3.8, 4) is 0 Å². The number of ether oxygens (including phenoxy) is 3. The molecule has 0 saturated carbocycles. The van der Waals surface area contributed by atoms with E-state index in [0.717, 1.165) is 57.8 Å². The third kappa shape index (κ3) is 19.6. The van der Waals surface area contributed by atoms with Crippen molar-refractivity contribution in [1.29, 1.82) is 0 Å². The van der Waals surface area contributed by atoms with Gasteiger partial charge in [-0.1, -0.05) is 129 Å². The second-order valence-electron chi connectivity index (χ2n) is 13.6. The van der Waals surface area contributed by atoms with Crippen LogP contribution < -0.4 is 0 Å². The molecule has 0 aliphatic carbocycles. The van der Waals surface area contributed by atoms with Crippen LogP contribution in [0.15, 0.2) is 12.2 Å². The number of unbranched alkanes of at least 4 members (excludes halogenated alkanes) is 19. The Hall–Kier alpha value is -1.07. The molecule has 1 heterocycles. The highest BCUT2D eigenvalue weighted by molar-refractivity contribution is 5.69. The van der Waals surface area contributed by atoms with E-state index in [0.29, 0.717) is 6.42 Å². The van der Waals surface area contributed by atoms with Gasteiger partial charge < -0.3 is 39.7 Å². The number of hydrogen-bond donors (Lipinski definition) is 5. The summed E-state index contributed by atoms with van der Waals surface area (Å²) in [5.74, 6) is -2.15. The van der Waals surface area contributed by atoms with Crippen LogP contribution in [0.25, 0.3) is 0 Å². The van der Waals surface area contributed by atoms with Crippen LogP contribution in [0.3, 0.4) is 0 Å². The second kappa shape index (κ2) is 28.7. The van der Waals surface area contributed by atoms with Crippen LogP contribution in [0.2, 0.25) is 0 Å². The lowest BCUT2D eigenvalue weighted by molar-refractivity contribution is -0.380. The number of rotatable bonds is 31. The van der Waals surface area contributed by atoms with Gasteiger partial charge in [0.1, 0.15) is 37.1 Å². The first-order chi connectivity index (χ1) is 22.8. The molecule has 1 rings (SSSR count). The number of aliphatic hydroxyl groups is 5. The molecule has 0 aromatic rings. The Bertz CT molecular complexity index is 761. The van der Waals surface area contributed by atoms with Crippen LogP contribution in [0.4, 0.5) is 0 Å². The molecule has 1 aliphatic heterocycles. The fourth-order valence-electron chi connectivity index (χ4n) is 6.26. The molecule has 1 aliphatic rings. The average molecular weight is 673 g/mol. The van der Waals surface area contributed by atoms with Gasteiger partial charge in [-0.3, -0.25) is 4.79 Å². The van der Waals surface area contributed by atoms with Crippen LogP contribution in [0.1, 0.15) is 168 Å². The zero-order valence-corrected chi connectivity index (χ0v) is 30.0. The van der Waals surface area contributed by atoms with Crippen LogP contribution in [-0.4, -0.2) is 87.6 Å². The predicted molar refractivity (Wildman–Crippen MR) is 187 cm³/mol. The quantitative estimate of drug-likeness (QED) is 0.0297. The number of aliphatic hydroxyl groups excluding tert-OH is 5. The Labute approximate surface area is 286 Å².